The van der Waals surface area contributed by atoms with Crippen LogP contribution in [0.3, 0.4) is 0 Å². The van der Waals surface area contributed by atoms with Crippen molar-refractivity contribution < 1.29 is 18.9 Å². The lowest BCUT2D eigenvalue weighted by Gasteiger charge is -2.26. The second kappa shape index (κ2) is 9.76. The second-order valence-corrected chi connectivity index (χ2v) is 7.58. The molecule has 1 aromatic heterocycles. The lowest BCUT2D eigenvalue weighted by atomic mass is 10.1. The number of piperidine rings is 1. The first-order valence-corrected chi connectivity index (χ1v) is 9.86. The predicted molar refractivity (Wildman–Crippen MR) is 101 cm³/mol. The number of aryl methyl sites for hydroxylation is 2. The first-order valence-electron chi connectivity index (χ1n) is 9.86. The van der Waals surface area contributed by atoms with Gasteiger partial charge in [0, 0.05) is 19.0 Å². The Morgan fingerprint density at radius 3 is 2.50 bits per heavy atom. The van der Waals surface area contributed by atoms with Crippen molar-refractivity contribution in [1.82, 2.24) is 10.2 Å². The zero-order chi connectivity index (χ0) is 19.1. The summed E-state index contributed by atoms with van der Waals surface area (Å²) in [6.45, 7) is 12.1. The molecule has 2 heterocycles. The van der Waals surface area contributed by atoms with Gasteiger partial charge in [0.15, 0.2) is 0 Å². The summed E-state index contributed by atoms with van der Waals surface area (Å²) in [5, 5.41) is 3.00. The van der Waals surface area contributed by atoms with Gasteiger partial charge in [-0.05, 0) is 53.0 Å². The molecule has 0 radical (unpaired) electrons. The fourth-order valence-electron chi connectivity index (χ4n) is 3.58. The first kappa shape index (κ1) is 20.5. The maximum absolute atomic E-state index is 12.8. The summed E-state index contributed by atoms with van der Waals surface area (Å²) in [6.07, 6.45) is 4.25. The molecule has 1 fully saturated rings. The fraction of sp³-hybridized carbons (Fsp3) is 0.700. The van der Waals surface area contributed by atoms with Crippen LogP contribution in [0.2, 0.25) is 0 Å². The number of rotatable bonds is 8. The Morgan fingerprint density at radius 1 is 1.23 bits per heavy atom. The van der Waals surface area contributed by atoms with Crippen molar-refractivity contribution in [3.05, 3.63) is 23.2 Å². The molecule has 0 aromatic carbocycles. The van der Waals surface area contributed by atoms with Crippen molar-refractivity contribution >= 4 is 11.8 Å². The topological polar surface area (TPSA) is 67.0 Å². The quantitative estimate of drug-likeness (QED) is 0.731. The molecule has 1 aliphatic heterocycles. The van der Waals surface area contributed by atoms with E-state index in [0.717, 1.165) is 12.3 Å². The zero-order valence-electron chi connectivity index (χ0n) is 16.7. The van der Waals surface area contributed by atoms with Crippen LogP contribution in [0.25, 0.3) is 0 Å². The summed E-state index contributed by atoms with van der Waals surface area (Å²) in [5.41, 5.74) is 0.588. The maximum Gasteiger partial charge on any atom is 0.257 e. The van der Waals surface area contributed by atoms with Crippen molar-refractivity contribution in [3.63, 3.8) is 0 Å². The van der Waals surface area contributed by atoms with Crippen molar-refractivity contribution in [2.75, 3.05) is 32.7 Å². The molecule has 1 saturated heterocycles. The molecule has 2 N–H and O–H groups in total. The van der Waals surface area contributed by atoms with Gasteiger partial charge in [0.25, 0.3) is 5.91 Å². The van der Waals surface area contributed by atoms with Gasteiger partial charge >= 0.3 is 0 Å². The van der Waals surface area contributed by atoms with Crippen LogP contribution >= 0.6 is 0 Å². The minimum atomic E-state index is -0.0695. The molecule has 26 heavy (non-hydrogen) atoms. The van der Waals surface area contributed by atoms with E-state index >= 15 is 0 Å². The summed E-state index contributed by atoms with van der Waals surface area (Å²) in [6, 6.07) is 1.80. The van der Waals surface area contributed by atoms with E-state index in [1.54, 1.807) is 22.8 Å². The Hall–Kier alpha value is -1.82. The third-order valence-corrected chi connectivity index (χ3v) is 5.10. The minimum Gasteiger partial charge on any atom is -0.466 e. The summed E-state index contributed by atoms with van der Waals surface area (Å²) in [7, 11) is 0. The van der Waals surface area contributed by atoms with Crippen LogP contribution in [-0.2, 0) is 4.79 Å². The SMILES string of the molecule is Cc1cc(C(=O)N(CCC(=O)NCC[NH+]2CCCCC2)C(C)C)c(C)o1. The number of hydrogen-bond acceptors (Lipinski definition) is 3. The van der Waals surface area contributed by atoms with Gasteiger partial charge < -0.3 is 19.5 Å². The molecule has 2 amide bonds. The molecule has 0 spiro atoms. The molecule has 0 atom stereocenters. The number of carbonyl (C=O) groups excluding carboxylic acids is 2. The minimum absolute atomic E-state index is 0.0138. The highest BCUT2D eigenvalue weighted by molar-refractivity contribution is 5.95. The summed E-state index contributed by atoms with van der Waals surface area (Å²) in [4.78, 5) is 28.3. The van der Waals surface area contributed by atoms with Gasteiger partial charge in [-0.1, -0.05) is 0 Å². The second-order valence-electron chi connectivity index (χ2n) is 7.58. The number of nitrogens with one attached hydrogen (secondary N) is 2. The molecule has 0 unspecified atom stereocenters. The molecule has 6 heteroatoms. The number of amides is 2. The molecule has 146 valence electrons. The largest absolute Gasteiger partial charge is 0.466 e. The van der Waals surface area contributed by atoms with E-state index in [4.69, 9.17) is 4.42 Å². The Morgan fingerprint density at radius 2 is 1.92 bits per heavy atom. The number of hydrogen-bond donors (Lipinski definition) is 2. The molecule has 0 saturated carbocycles. The number of nitrogens with zero attached hydrogens (tertiary/aromatic N) is 1. The Bertz CT molecular complexity index is 603. The van der Waals surface area contributed by atoms with E-state index in [1.165, 1.54) is 32.4 Å². The third kappa shape index (κ3) is 5.87. The molecule has 1 aliphatic rings. The van der Waals surface area contributed by atoms with Gasteiger partial charge in [-0.15, -0.1) is 0 Å². The Labute approximate surface area is 156 Å². The summed E-state index contributed by atoms with van der Waals surface area (Å²) < 4.78 is 5.47. The van der Waals surface area contributed by atoms with Crippen LogP contribution in [0.15, 0.2) is 10.5 Å². The van der Waals surface area contributed by atoms with Crippen LogP contribution in [0, 0.1) is 13.8 Å². The van der Waals surface area contributed by atoms with Gasteiger partial charge in [-0.2, -0.15) is 0 Å². The van der Waals surface area contributed by atoms with Crippen LogP contribution < -0.4 is 10.2 Å². The highest BCUT2D eigenvalue weighted by atomic mass is 16.3. The van der Waals surface area contributed by atoms with E-state index < -0.39 is 0 Å². The van der Waals surface area contributed by atoms with Crippen LogP contribution in [0.4, 0.5) is 0 Å². The van der Waals surface area contributed by atoms with Crippen molar-refractivity contribution in [2.24, 2.45) is 0 Å². The zero-order valence-corrected chi connectivity index (χ0v) is 16.7. The van der Waals surface area contributed by atoms with E-state index in [2.05, 4.69) is 5.32 Å². The lowest BCUT2D eigenvalue weighted by Crippen LogP contribution is -3.13. The fourth-order valence-corrected chi connectivity index (χ4v) is 3.58. The van der Waals surface area contributed by atoms with Crippen molar-refractivity contribution in [3.8, 4) is 0 Å². The highest BCUT2D eigenvalue weighted by Gasteiger charge is 2.23. The molecule has 6 nitrogen and oxygen atoms in total. The summed E-state index contributed by atoms with van der Waals surface area (Å²) >= 11 is 0. The lowest BCUT2D eigenvalue weighted by molar-refractivity contribution is -0.903. The molecule has 2 rings (SSSR count). The van der Waals surface area contributed by atoms with Crippen LogP contribution in [0.5, 0.6) is 0 Å². The number of quaternary nitrogens is 1. The van der Waals surface area contributed by atoms with E-state index in [1.807, 2.05) is 20.8 Å². The van der Waals surface area contributed by atoms with E-state index in [-0.39, 0.29) is 17.9 Å². The van der Waals surface area contributed by atoms with Crippen molar-refractivity contribution in [2.45, 2.75) is 59.4 Å². The predicted octanol–water partition coefficient (Wildman–Crippen LogP) is 1.32. The van der Waals surface area contributed by atoms with Gasteiger partial charge in [-0.25, -0.2) is 0 Å². The smallest absolute Gasteiger partial charge is 0.257 e. The van der Waals surface area contributed by atoms with E-state index in [0.29, 0.717) is 30.8 Å². The molecule has 0 aliphatic carbocycles. The van der Waals surface area contributed by atoms with Gasteiger partial charge in [0.05, 0.1) is 31.7 Å². The Balaban J connectivity index is 1.79. The van der Waals surface area contributed by atoms with Crippen LogP contribution in [0.1, 0.15) is 61.4 Å². The number of likely N-dealkylation sites (tertiary alicyclic amines) is 1. The van der Waals surface area contributed by atoms with Gasteiger partial charge in [0.2, 0.25) is 5.91 Å². The first-order chi connectivity index (χ1) is 12.4. The maximum atomic E-state index is 12.8. The third-order valence-electron chi connectivity index (χ3n) is 5.10. The van der Waals surface area contributed by atoms with E-state index in [9.17, 15) is 9.59 Å². The molecular weight excluding hydrogens is 330 g/mol. The van der Waals surface area contributed by atoms with Gasteiger partial charge in [0.1, 0.15) is 11.5 Å². The highest BCUT2D eigenvalue weighted by Crippen LogP contribution is 2.17. The monoisotopic (exact) mass is 364 g/mol. The molecule has 1 aromatic rings. The van der Waals surface area contributed by atoms with Crippen LogP contribution in [-0.4, -0.2) is 55.5 Å². The molecule has 0 bridgehead atoms. The summed E-state index contributed by atoms with van der Waals surface area (Å²) in [5.74, 6) is 1.31. The standard InChI is InChI=1S/C20H33N3O3/c1-15(2)23(20(25)18-14-16(3)26-17(18)4)12-8-19(24)21-9-13-22-10-6-5-7-11-22/h14-15H,5-13H2,1-4H3,(H,21,24)/p+1. The van der Waals surface area contributed by atoms with Gasteiger partial charge in [-0.3, -0.25) is 9.59 Å². The normalized spacial score (nSPS) is 15.3. The number of carbonyl (C=O) groups is 2. The number of furan rings is 1. The van der Waals surface area contributed by atoms with Crippen molar-refractivity contribution in [1.29, 1.82) is 0 Å². The Kier molecular flexibility index (Phi) is 7.69. The average molecular weight is 365 g/mol. The molecular formula is C20H34N3O3+. The average Bonchev–Trinajstić information content (AvgIpc) is 2.94.